The molecule has 2 unspecified atom stereocenters. The third-order valence-electron chi connectivity index (χ3n) is 1.95. The first-order valence-electron chi connectivity index (χ1n) is 4.17. The Kier molecular flexibility index (Phi) is 4.83. The van der Waals surface area contributed by atoms with Crippen LogP contribution in [-0.2, 0) is 6.42 Å². The van der Waals surface area contributed by atoms with E-state index in [1.165, 1.54) is 5.56 Å². The first-order chi connectivity index (χ1) is 6.24. The molecule has 0 amide bonds. The molecule has 0 saturated heterocycles. The fourth-order valence-electron chi connectivity index (χ4n) is 1.15. The molecule has 0 spiro atoms. The first-order valence-corrected chi connectivity index (χ1v) is 5.20. The maximum absolute atomic E-state index is 9.09. The Balaban J connectivity index is 2.57. The topological polar surface area (TPSA) is 23.5 Å². The van der Waals surface area contributed by atoms with Crippen molar-refractivity contribution in [3.05, 3.63) is 35.9 Å². The highest BCUT2D eigenvalue weighted by Gasteiger charge is 2.10. The molecule has 1 aromatic rings. The summed E-state index contributed by atoms with van der Waals surface area (Å²) in [6, 6.07) is 10.3. The molecule has 1 aromatic carbocycles. The predicted molar refractivity (Wildman–Crippen MR) is 62.3 cm³/mol. The molecule has 1 N–H and O–H groups in total. The van der Waals surface area contributed by atoms with Crippen molar-refractivity contribution in [2.75, 3.05) is 6.61 Å². The molecular weight excluding hydrogens is 200 g/mol. The van der Waals surface area contributed by atoms with Crippen molar-refractivity contribution in [2.24, 2.45) is 0 Å². The first kappa shape index (κ1) is 11.1. The highest BCUT2D eigenvalue weighted by molar-refractivity contribution is 7.30. The quantitative estimate of drug-likeness (QED) is 0.769. The Morgan fingerprint density at radius 3 is 2.31 bits per heavy atom. The van der Waals surface area contributed by atoms with Crippen LogP contribution in [-0.4, -0.2) is 22.2 Å². The summed E-state index contributed by atoms with van der Waals surface area (Å²) >= 11 is 0. The molecule has 0 aliphatic carbocycles. The summed E-state index contributed by atoms with van der Waals surface area (Å²) in [7, 11) is 5.10. The van der Waals surface area contributed by atoms with Crippen LogP contribution in [0.3, 0.4) is 0 Å². The average Bonchev–Trinajstić information content (AvgIpc) is 2.15. The van der Waals surface area contributed by atoms with Gasteiger partial charge in [0.25, 0.3) is 0 Å². The van der Waals surface area contributed by atoms with Gasteiger partial charge in [-0.3, -0.25) is 4.44 Å². The lowest BCUT2D eigenvalue weighted by atomic mass is 10.1. The fraction of sp³-hybridized carbons (Fsp3) is 0.333. The molecule has 13 heavy (non-hydrogen) atoms. The van der Waals surface area contributed by atoms with Crippen molar-refractivity contribution in [2.45, 2.75) is 12.5 Å². The molecule has 0 bridgehead atoms. The van der Waals surface area contributed by atoms with Crippen LogP contribution in [0.25, 0.3) is 0 Å². The lowest BCUT2D eigenvalue weighted by molar-refractivity contribution is 0.233. The van der Waals surface area contributed by atoms with Gasteiger partial charge in [-0.1, -0.05) is 49.1 Å². The van der Waals surface area contributed by atoms with Crippen molar-refractivity contribution >= 4 is 18.8 Å². The van der Waals surface area contributed by atoms with E-state index >= 15 is 0 Å². The number of rotatable bonds is 4. The third-order valence-corrected chi connectivity index (χ3v) is 2.79. The van der Waals surface area contributed by atoms with Gasteiger partial charge in [-0.2, -0.15) is 0 Å². The minimum atomic E-state index is 0.150. The van der Waals surface area contributed by atoms with Crippen LogP contribution in [0.1, 0.15) is 5.56 Å². The Hall–Kier alpha value is -0.000000000000000111. The molecule has 0 radical (unpaired) electrons. The van der Waals surface area contributed by atoms with Crippen molar-refractivity contribution in [3.8, 4) is 0 Å². The standard InChI is InChI=1S/C9H15NOP2/c11-7-9(10(12)13)6-8-4-2-1-3-5-8/h1-5,9,11H,6-7,12-13H2/t9-/m0/s1. The summed E-state index contributed by atoms with van der Waals surface area (Å²) in [5.74, 6) is 0. The third kappa shape index (κ3) is 3.70. The maximum atomic E-state index is 9.09. The van der Waals surface area contributed by atoms with E-state index in [0.717, 1.165) is 6.42 Å². The number of aliphatic hydroxyl groups is 1. The zero-order valence-electron chi connectivity index (χ0n) is 7.43. The van der Waals surface area contributed by atoms with Gasteiger partial charge in [0.05, 0.1) is 6.61 Å². The molecular formula is C9H15NOP2. The zero-order chi connectivity index (χ0) is 9.68. The Bertz CT molecular complexity index is 241. The Labute approximate surface area is 83.9 Å². The normalized spacial score (nSPS) is 13.2. The second-order valence-electron chi connectivity index (χ2n) is 2.97. The van der Waals surface area contributed by atoms with Crippen LogP contribution < -0.4 is 0 Å². The van der Waals surface area contributed by atoms with Crippen LogP contribution in [0.2, 0.25) is 0 Å². The van der Waals surface area contributed by atoms with Gasteiger partial charge in [-0.05, 0) is 12.0 Å². The van der Waals surface area contributed by atoms with Crippen molar-refractivity contribution in [1.29, 1.82) is 0 Å². The smallest absolute Gasteiger partial charge is 0.0596 e. The molecule has 2 nitrogen and oxygen atoms in total. The van der Waals surface area contributed by atoms with Gasteiger partial charge in [0.1, 0.15) is 0 Å². The van der Waals surface area contributed by atoms with Crippen LogP contribution in [0.15, 0.2) is 30.3 Å². The number of nitrogens with zero attached hydrogens (tertiary/aromatic N) is 1. The van der Waals surface area contributed by atoms with Crippen molar-refractivity contribution in [3.63, 3.8) is 0 Å². The van der Waals surface area contributed by atoms with Gasteiger partial charge in [0, 0.05) is 6.04 Å². The van der Waals surface area contributed by atoms with Gasteiger partial charge in [-0.15, -0.1) is 0 Å². The van der Waals surface area contributed by atoms with Crippen LogP contribution in [0.4, 0.5) is 0 Å². The molecule has 0 fully saturated rings. The van der Waals surface area contributed by atoms with E-state index in [1.807, 2.05) is 22.6 Å². The minimum absolute atomic E-state index is 0.150. The summed E-state index contributed by atoms with van der Waals surface area (Å²) in [6.45, 7) is 0.169. The van der Waals surface area contributed by atoms with Crippen LogP contribution in [0, 0.1) is 0 Å². The Morgan fingerprint density at radius 1 is 1.23 bits per heavy atom. The lowest BCUT2D eigenvalue weighted by Crippen LogP contribution is -2.25. The maximum Gasteiger partial charge on any atom is 0.0596 e. The minimum Gasteiger partial charge on any atom is -0.395 e. The molecule has 0 heterocycles. The van der Waals surface area contributed by atoms with E-state index in [0.29, 0.717) is 0 Å². The van der Waals surface area contributed by atoms with E-state index < -0.39 is 0 Å². The molecule has 3 atom stereocenters. The van der Waals surface area contributed by atoms with E-state index in [9.17, 15) is 0 Å². The highest BCUT2D eigenvalue weighted by Crippen LogP contribution is 2.16. The van der Waals surface area contributed by atoms with E-state index in [4.69, 9.17) is 5.11 Å². The number of hydrogen-bond donors (Lipinski definition) is 1. The average molecular weight is 215 g/mol. The Morgan fingerprint density at radius 2 is 1.85 bits per heavy atom. The highest BCUT2D eigenvalue weighted by atomic mass is 31.1. The summed E-state index contributed by atoms with van der Waals surface area (Å²) in [5.41, 5.74) is 1.25. The fourth-order valence-corrected chi connectivity index (χ4v) is 1.55. The van der Waals surface area contributed by atoms with Gasteiger partial charge in [-0.25, -0.2) is 0 Å². The molecule has 0 aliphatic heterocycles. The second kappa shape index (κ2) is 5.67. The van der Waals surface area contributed by atoms with E-state index in [-0.39, 0.29) is 12.6 Å². The molecule has 0 saturated carbocycles. The van der Waals surface area contributed by atoms with Gasteiger partial charge < -0.3 is 5.11 Å². The van der Waals surface area contributed by atoms with E-state index in [2.05, 4.69) is 30.9 Å². The summed E-state index contributed by atoms with van der Waals surface area (Å²) < 4.78 is 1.88. The van der Waals surface area contributed by atoms with E-state index in [1.54, 1.807) is 0 Å². The predicted octanol–water partition coefficient (Wildman–Crippen LogP) is 1.47. The summed E-state index contributed by atoms with van der Waals surface area (Å²) in [5, 5.41) is 9.09. The van der Waals surface area contributed by atoms with Gasteiger partial charge >= 0.3 is 0 Å². The van der Waals surface area contributed by atoms with Crippen LogP contribution in [0.5, 0.6) is 0 Å². The molecule has 0 aliphatic rings. The molecule has 1 rings (SSSR count). The zero-order valence-corrected chi connectivity index (χ0v) is 9.74. The van der Waals surface area contributed by atoms with Crippen molar-refractivity contribution < 1.29 is 5.11 Å². The SMILES string of the molecule is OC[C@H](Cc1ccccc1)N(P)P. The lowest BCUT2D eigenvalue weighted by Gasteiger charge is -2.21. The van der Waals surface area contributed by atoms with Gasteiger partial charge in [0.2, 0.25) is 0 Å². The number of benzene rings is 1. The van der Waals surface area contributed by atoms with Crippen molar-refractivity contribution in [1.82, 2.24) is 4.44 Å². The summed E-state index contributed by atoms with van der Waals surface area (Å²) in [6.07, 6.45) is 0.865. The second-order valence-corrected chi connectivity index (χ2v) is 4.76. The number of aliphatic hydroxyl groups excluding tert-OH is 1. The van der Waals surface area contributed by atoms with Gasteiger partial charge in [0.15, 0.2) is 0 Å². The summed E-state index contributed by atoms with van der Waals surface area (Å²) in [4.78, 5) is 0. The largest absolute Gasteiger partial charge is 0.395 e. The monoisotopic (exact) mass is 215 g/mol. The molecule has 4 heteroatoms. The van der Waals surface area contributed by atoms with Crippen LogP contribution >= 0.6 is 18.8 Å². The molecule has 0 aromatic heterocycles. The number of hydrogen-bond acceptors (Lipinski definition) is 2. The molecule has 72 valence electrons.